The molecule has 3 N–H and O–H groups in total. The van der Waals surface area contributed by atoms with Crippen LogP contribution in [0.2, 0.25) is 5.02 Å². The number of anilines is 2. The van der Waals surface area contributed by atoms with Gasteiger partial charge in [-0.25, -0.2) is 0 Å². The second-order valence-electron chi connectivity index (χ2n) is 3.71. The molecule has 0 aliphatic carbocycles. The van der Waals surface area contributed by atoms with Gasteiger partial charge in [-0.3, -0.25) is 0 Å². The summed E-state index contributed by atoms with van der Waals surface area (Å²) in [6.45, 7) is 4.80. The average Bonchev–Trinajstić information content (AvgIpc) is 2.15. The minimum absolute atomic E-state index is 0.111. The lowest BCUT2D eigenvalue weighted by atomic mass is 10.2. The number of nitrogen functional groups attached to an aromatic ring is 1. The molecule has 3 nitrogen and oxygen atoms in total. The fourth-order valence-corrected chi connectivity index (χ4v) is 1.73. The number of halogens is 1. The highest BCUT2D eigenvalue weighted by atomic mass is 35.5. The van der Waals surface area contributed by atoms with Crippen LogP contribution in [0.5, 0.6) is 0 Å². The summed E-state index contributed by atoms with van der Waals surface area (Å²) in [6.07, 6.45) is 0. The first kappa shape index (κ1) is 12.1. The third-order valence-corrected chi connectivity index (χ3v) is 2.50. The first-order valence-corrected chi connectivity index (χ1v) is 5.36. The normalized spacial score (nSPS) is 10.7. The van der Waals surface area contributed by atoms with Crippen molar-refractivity contribution < 1.29 is 5.11 Å². The van der Waals surface area contributed by atoms with Gasteiger partial charge in [0.2, 0.25) is 0 Å². The van der Waals surface area contributed by atoms with Crippen molar-refractivity contribution in [1.29, 1.82) is 0 Å². The summed E-state index contributed by atoms with van der Waals surface area (Å²) in [4.78, 5) is 2.05. The molecule has 0 aliphatic heterocycles. The number of nitrogens with two attached hydrogens (primary N) is 1. The van der Waals surface area contributed by atoms with Crippen LogP contribution in [0, 0.1) is 0 Å². The van der Waals surface area contributed by atoms with Crippen molar-refractivity contribution in [3.8, 4) is 0 Å². The minimum Gasteiger partial charge on any atom is -0.397 e. The van der Waals surface area contributed by atoms with E-state index in [2.05, 4.69) is 13.8 Å². The van der Waals surface area contributed by atoms with Gasteiger partial charge in [0.05, 0.1) is 18.0 Å². The molecule has 0 aromatic heterocycles. The number of hydrogen-bond donors (Lipinski definition) is 2. The van der Waals surface area contributed by atoms with Crippen LogP contribution in [0.3, 0.4) is 0 Å². The van der Waals surface area contributed by atoms with E-state index in [0.717, 1.165) is 5.69 Å². The van der Waals surface area contributed by atoms with Crippen molar-refractivity contribution in [3.63, 3.8) is 0 Å². The van der Waals surface area contributed by atoms with Gasteiger partial charge in [-0.1, -0.05) is 11.6 Å². The third-order valence-electron chi connectivity index (χ3n) is 2.26. The highest BCUT2D eigenvalue weighted by molar-refractivity contribution is 6.31. The first-order chi connectivity index (χ1) is 7.06. The second-order valence-corrected chi connectivity index (χ2v) is 4.15. The molecule has 0 aliphatic rings. The van der Waals surface area contributed by atoms with Gasteiger partial charge >= 0.3 is 0 Å². The van der Waals surface area contributed by atoms with Crippen LogP contribution >= 0.6 is 11.6 Å². The molecule has 0 fully saturated rings. The molecular weight excluding hydrogens is 212 g/mol. The Morgan fingerprint density at radius 2 is 2.13 bits per heavy atom. The Labute approximate surface area is 95.5 Å². The fourth-order valence-electron chi connectivity index (χ4n) is 1.55. The van der Waals surface area contributed by atoms with Gasteiger partial charge in [-0.15, -0.1) is 0 Å². The maximum atomic E-state index is 8.98. The molecule has 1 aromatic rings. The lowest BCUT2D eigenvalue weighted by Crippen LogP contribution is -2.33. The van der Waals surface area contributed by atoms with Crippen LogP contribution in [0.15, 0.2) is 18.2 Å². The molecule has 0 saturated heterocycles. The van der Waals surface area contributed by atoms with E-state index in [0.29, 0.717) is 23.3 Å². The third kappa shape index (κ3) is 3.01. The van der Waals surface area contributed by atoms with Crippen molar-refractivity contribution in [2.45, 2.75) is 19.9 Å². The van der Waals surface area contributed by atoms with Crippen molar-refractivity contribution >= 4 is 23.0 Å². The minimum atomic E-state index is 0.111. The van der Waals surface area contributed by atoms with E-state index < -0.39 is 0 Å². The Hall–Kier alpha value is -0.930. The molecule has 0 heterocycles. The molecule has 0 amide bonds. The molecule has 4 heteroatoms. The van der Waals surface area contributed by atoms with Gasteiger partial charge in [0.1, 0.15) is 0 Å². The fraction of sp³-hybridized carbons (Fsp3) is 0.455. The quantitative estimate of drug-likeness (QED) is 0.777. The molecule has 0 bridgehead atoms. The Balaban J connectivity index is 3.00. The number of aliphatic hydroxyl groups is 1. The summed E-state index contributed by atoms with van der Waals surface area (Å²) in [5, 5.41) is 9.61. The van der Waals surface area contributed by atoms with Gasteiger partial charge in [-0.2, -0.15) is 0 Å². The Morgan fingerprint density at radius 3 is 2.60 bits per heavy atom. The van der Waals surface area contributed by atoms with E-state index in [1.165, 1.54) is 0 Å². The molecule has 0 spiro atoms. The van der Waals surface area contributed by atoms with Crippen LogP contribution < -0.4 is 10.6 Å². The molecule has 0 atom stereocenters. The van der Waals surface area contributed by atoms with E-state index in [1.807, 2.05) is 11.0 Å². The number of benzene rings is 1. The van der Waals surface area contributed by atoms with Gasteiger partial charge in [-0.05, 0) is 32.0 Å². The average molecular weight is 229 g/mol. The van der Waals surface area contributed by atoms with Crippen LogP contribution in [0.4, 0.5) is 11.4 Å². The number of hydrogen-bond acceptors (Lipinski definition) is 3. The summed E-state index contributed by atoms with van der Waals surface area (Å²) in [7, 11) is 0. The largest absolute Gasteiger partial charge is 0.397 e. The van der Waals surface area contributed by atoms with Crippen molar-refractivity contribution in [1.82, 2.24) is 0 Å². The zero-order valence-corrected chi connectivity index (χ0v) is 9.83. The van der Waals surface area contributed by atoms with Crippen LogP contribution in [-0.2, 0) is 0 Å². The molecular formula is C11H17ClN2O. The van der Waals surface area contributed by atoms with E-state index in [-0.39, 0.29) is 6.61 Å². The topological polar surface area (TPSA) is 49.5 Å². The maximum absolute atomic E-state index is 8.98. The summed E-state index contributed by atoms with van der Waals surface area (Å²) < 4.78 is 0. The monoisotopic (exact) mass is 228 g/mol. The Bertz CT molecular complexity index is 328. The molecule has 1 aromatic carbocycles. The summed E-state index contributed by atoms with van der Waals surface area (Å²) in [5.74, 6) is 0. The molecule has 1 rings (SSSR count). The lowest BCUT2D eigenvalue weighted by Gasteiger charge is -2.29. The first-order valence-electron chi connectivity index (χ1n) is 4.98. The molecule has 15 heavy (non-hydrogen) atoms. The zero-order valence-electron chi connectivity index (χ0n) is 9.07. The summed E-state index contributed by atoms with van der Waals surface area (Å²) >= 11 is 5.83. The SMILES string of the molecule is CC(C)N(CCO)c1ccc(Cl)cc1N. The number of nitrogens with zero attached hydrogens (tertiary/aromatic N) is 1. The number of rotatable bonds is 4. The van der Waals surface area contributed by atoms with Gasteiger partial charge < -0.3 is 15.7 Å². The van der Waals surface area contributed by atoms with E-state index >= 15 is 0 Å². The van der Waals surface area contributed by atoms with Crippen LogP contribution in [-0.4, -0.2) is 24.3 Å². The summed E-state index contributed by atoms with van der Waals surface area (Å²) in [6, 6.07) is 5.71. The molecule has 84 valence electrons. The molecule has 0 saturated carbocycles. The second kappa shape index (κ2) is 5.24. The lowest BCUT2D eigenvalue weighted by molar-refractivity contribution is 0.299. The van der Waals surface area contributed by atoms with E-state index in [9.17, 15) is 0 Å². The van der Waals surface area contributed by atoms with E-state index in [1.54, 1.807) is 12.1 Å². The predicted molar refractivity (Wildman–Crippen MR) is 65.4 cm³/mol. The van der Waals surface area contributed by atoms with Crippen molar-refractivity contribution in [3.05, 3.63) is 23.2 Å². The standard InChI is InChI=1S/C11H17ClN2O/c1-8(2)14(5-6-15)11-4-3-9(12)7-10(11)13/h3-4,7-8,15H,5-6,13H2,1-2H3. The summed E-state index contributed by atoms with van der Waals surface area (Å²) in [5.41, 5.74) is 7.45. The maximum Gasteiger partial charge on any atom is 0.0606 e. The zero-order chi connectivity index (χ0) is 11.4. The highest BCUT2D eigenvalue weighted by Crippen LogP contribution is 2.27. The van der Waals surface area contributed by atoms with E-state index in [4.69, 9.17) is 22.4 Å². The Morgan fingerprint density at radius 1 is 1.47 bits per heavy atom. The highest BCUT2D eigenvalue weighted by Gasteiger charge is 2.12. The van der Waals surface area contributed by atoms with Crippen molar-refractivity contribution in [2.75, 3.05) is 23.8 Å². The molecule has 0 radical (unpaired) electrons. The number of aliphatic hydroxyl groups excluding tert-OH is 1. The van der Waals surface area contributed by atoms with Crippen molar-refractivity contribution in [2.24, 2.45) is 0 Å². The van der Waals surface area contributed by atoms with Gasteiger partial charge in [0, 0.05) is 17.6 Å². The van der Waals surface area contributed by atoms with Gasteiger partial charge in [0.25, 0.3) is 0 Å². The molecule has 0 unspecified atom stereocenters. The Kier molecular flexibility index (Phi) is 4.24. The predicted octanol–water partition coefficient (Wildman–Crippen LogP) is 2.13. The smallest absolute Gasteiger partial charge is 0.0606 e. The van der Waals surface area contributed by atoms with Gasteiger partial charge in [0.15, 0.2) is 0 Å². The van der Waals surface area contributed by atoms with Crippen LogP contribution in [0.25, 0.3) is 0 Å². The van der Waals surface area contributed by atoms with Crippen LogP contribution in [0.1, 0.15) is 13.8 Å².